The number of amidine groups is 1. The van der Waals surface area contributed by atoms with Crippen LogP contribution in [0, 0.1) is 0 Å². The van der Waals surface area contributed by atoms with Crippen molar-refractivity contribution < 1.29 is 14.3 Å². The van der Waals surface area contributed by atoms with Crippen LogP contribution in [-0.4, -0.2) is 66.2 Å². The number of hydrogen-bond acceptors (Lipinski definition) is 7. The van der Waals surface area contributed by atoms with E-state index in [0.717, 1.165) is 49.3 Å². The van der Waals surface area contributed by atoms with Gasteiger partial charge in [-0.15, -0.1) is 0 Å². The monoisotopic (exact) mass is 551 g/mol. The summed E-state index contributed by atoms with van der Waals surface area (Å²) in [5, 5.41) is 9.36. The molecule has 2 aromatic carbocycles. The maximum absolute atomic E-state index is 13.6. The van der Waals surface area contributed by atoms with Crippen LogP contribution in [0.4, 0.5) is 5.69 Å². The predicted molar refractivity (Wildman–Crippen MR) is 152 cm³/mol. The van der Waals surface area contributed by atoms with Crippen molar-refractivity contribution in [3.63, 3.8) is 0 Å². The Morgan fingerprint density at radius 3 is 2.58 bits per heavy atom. The summed E-state index contributed by atoms with van der Waals surface area (Å²) < 4.78 is 5.39. The molecule has 1 fully saturated rings. The first kappa shape index (κ1) is 26.5. The van der Waals surface area contributed by atoms with E-state index in [-0.39, 0.29) is 18.2 Å². The molecule has 0 aliphatic carbocycles. The van der Waals surface area contributed by atoms with Crippen LogP contribution >= 0.6 is 23.4 Å². The molecule has 2 N–H and O–H groups in total. The van der Waals surface area contributed by atoms with E-state index < -0.39 is 6.04 Å². The second-order valence-corrected chi connectivity index (χ2v) is 10.5. The van der Waals surface area contributed by atoms with Gasteiger partial charge in [-0.2, -0.15) is 0 Å². The molecule has 5 rings (SSSR count). The SMILES string of the molecule is CC1=C(C(=O)Nc2ccccc2)C(c2ccc(Cl)cc2)N2C(CC(=O)NCCN3CCOCC3)=CSC2=N1. The number of halogens is 1. The number of para-hydroxylation sites is 1. The van der Waals surface area contributed by atoms with Gasteiger partial charge >= 0.3 is 0 Å². The lowest BCUT2D eigenvalue weighted by Gasteiger charge is -2.36. The fourth-order valence-electron chi connectivity index (χ4n) is 4.75. The normalized spacial score (nSPS) is 19.5. The summed E-state index contributed by atoms with van der Waals surface area (Å²) in [6, 6.07) is 16.4. The van der Waals surface area contributed by atoms with Crippen LogP contribution in [-0.2, 0) is 14.3 Å². The summed E-state index contributed by atoms with van der Waals surface area (Å²) in [5.41, 5.74) is 3.56. The van der Waals surface area contributed by atoms with Gasteiger partial charge in [-0.05, 0) is 42.2 Å². The number of nitrogens with one attached hydrogen (secondary N) is 2. The second kappa shape index (κ2) is 12.2. The highest BCUT2D eigenvalue weighted by molar-refractivity contribution is 8.16. The number of benzene rings is 2. The smallest absolute Gasteiger partial charge is 0.255 e. The van der Waals surface area contributed by atoms with Crippen LogP contribution < -0.4 is 10.6 Å². The highest BCUT2D eigenvalue weighted by Gasteiger charge is 2.40. The summed E-state index contributed by atoms with van der Waals surface area (Å²) >= 11 is 7.66. The molecular formula is C28H30ClN5O3S. The molecule has 3 aliphatic heterocycles. The zero-order valence-electron chi connectivity index (χ0n) is 21.2. The molecule has 0 aromatic heterocycles. The second-order valence-electron chi connectivity index (χ2n) is 9.25. The molecule has 0 radical (unpaired) electrons. The molecule has 2 amide bonds. The third kappa shape index (κ3) is 6.13. The van der Waals surface area contributed by atoms with Crippen LogP contribution in [0.2, 0.25) is 5.02 Å². The molecule has 0 saturated carbocycles. The fraction of sp³-hybridized carbons (Fsp3) is 0.321. The Balaban J connectivity index is 1.36. The number of fused-ring (bicyclic) bond motifs is 1. The van der Waals surface area contributed by atoms with Gasteiger partial charge in [-0.25, -0.2) is 4.99 Å². The van der Waals surface area contributed by atoms with Gasteiger partial charge in [-0.3, -0.25) is 14.5 Å². The van der Waals surface area contributed by atoms with Crippen molar-refractivity contribution in [2.75, 3.05) is 44.7 Å². The average Bonchev–Trinajstić information content (AvgIpc) is 3.31. The minimum absolute atomic E-state index is 0.0669. The number of aliphatic imine (C=N–C) groups is 1. The Morgan fingerprint density at radius 1 is 1.11 bits per heavy atom. The largest absolute Gasteiger partial charge is 0.379 e. The van der Waals surface area contributed by atoms with Crippen molar-refractivity contribution in [2.45, 2.75) is 19.4 Å². The van der Waals surface area contributed by atoms with Gasteiger partial charge in [0.2, 0.25) is 5.91 Å². The number of carbonyl (C=O) groups is 2. The Labute approximate surface area is 231 Å². The van der Waals surface area contributed by atoms with Crippen molar-refractivity contribution in [3.8, 4) is 0 Å². The zero-order valence-corrected chi connectivity index (χ0v) is 22.7. The van der Waals surface area contributed by atoms with Crippen LogP contribution in [0.3, 0.4) is 0 Å². The Hall–Kier alpha value is -3.11. The van der Waals surface area contributed by atoms with Crippen molar-refractivity contribution >= 4 is 46.0 Å². The molecule has 0 bridgehead atoms. The molecule has 1 atom stereocenters. The summed E-state index contributed by atoms with van der Waals surface area (Å²) in [7, 11) is 0. The minimum Gasteiger partial charge on any atom is -0.379 e. The number of rotatable bonds is 8. The van der Waals surface area contributed by atoms with Crippen LogP contribution in [0.15, 0.2) is 82.0 Å². The highest BCUT2D eigenvalue weighted by atomic mass is 35.5. The third-order valence-corrected chi connectivity index (χ3v) is 7.80. The molecule has 0 spiro atoms. The number of thioether (sulfide) groups is 1. The predicted octanol–water partition coefficient (Wildman–Crippen LogP) is 4.39. The van der Waals surface area contributed by atoms with E-state index in [4.69, 9.17) is 21.3 Å². The summed E-state index contributed by atoms with van der Waals surface area (Å²) in [6.07, 6.45) is 0.186. The van der Waals surface area contributed by atoms with E-state index in [2.05, 4.69) is 15.5 Å². The fourth-order valence-corrected chi connectivity index (χ4v) is 5.84. The number of allylic oxidation sites excluding steroid dienone is 1. The summed E-state index contributed by atoms with van der Waals surface area (Å²) in [4.78, 5) is 35.6. The van der Waals surface area contributed by atoms with Gasteiger partial charge in [0.15, 0.2) is 5.17 Å². The van der Waals surface area contributed by atoms with Gasteiger partial charge < -0.3 is 20.3 Å². The number of amides is 2. The van der Waals surface area contributed by atoms with Gasteiger partial charge in [0.25, 0.3) is 5.91 Å². The van der Waals surface area contributed by atoms with Crippen molar-refractivity contribution in [1.29, 1.82) is 0 Å². The van der Waals surface area contributed by atoms with Gasteiger partial charge in [0, 0.05) is 42.6 Å². The van der Waals surface area contributed by atoms with Crippen molar-refractivity contribution in [1.82, 2.24) is 15.1 Å². The molecule has 3 heterocycles. The first-order chi connectivity index (χ1) is 18.5. The topological polar surface area (TPSA) is 86.3 Å². The summed E-state index contributed by atoms with van der Waals surface area (Å²) in [6.45, 7) is 6.44. The summed E-state index contributed by atoms with van der Waals surface area (Å²) in [5.74, 6) is -0.301. The Kier molecular flexibility index (Phi) is 8.48. The molecular weight excluding hydrogens is 522 g/mol. The van der Waals surface area contributed by atoms with Gasteiger partial charge in [0.05, 0.1) is 36.9 Å². The van der Waals surface area contributed by atoms with Crippen LogP contribution in [0.25, 0.3) is 0 Å². The van der Waals surface area contributed by atoms with Crippen LogP contribution in [0.5, 0.6) is 0 Å². The number of morpholine rings is 1. The first-order valence-corrected chi connectivity index (χ1v) is 13.9. The molecule has 38 heavy (non-hydrogen) atoms. The molecule has 1 unspecified atom stereocenters. The Morgan fingerprint density at radius 2 is 1.84 bits per heavy atom. The van der Waals surface area contributed by atoms with E-state index in [9.17, 15) is 9.59 Å². The van der Waals surface area contributed by atoms with Gasteiger partial charge in [0.1, 0.15) is 0 Å². The lowest BCUT2D eigenvalue weighted by Crippen LogP contribution is -2.42. The number of anilines is 1. The molecule has 198 valence electrons. The number of ether oxygens (including phenoxy) is 1. The lowest BCUT2D eigenvalue weighted by atomic mass is 9.93. The van der Waals surface area contributed by atoms with Crippen molar-refractivity contribution in [2.24, 2.45) is 4.99 Å². The van der Waals surface area contributed by atoms with Crippen LogP contribution in [0.1, 0.15) is 24.9 Å². The quantitative estimate of drug-likeness (QED) is 0.506. The molecule has 8 nitrogen and oxygen atoms in total. The Bertz CT molecular complexity index is 1270. The van der Waals surface area contributed by atoms with E-state index in [1.165, 1.54) is 11.8 Å². The van der Waals surface area contributed by atoms with E-state index >= 15 is 0 Å². The number of hydrogen-bond donors (Lipinski definition) is 2. The number of nitrogens with zero attached hydrogens (tertiary/aromatic N) is 3. The molecule has 10 heteroatoms. The number of carbonyl (C=O) groups excluding carboxylic acids is 2. The third-order valence-electron chi connectivity index (χ3n) is 6.66. The van der Waals surface area contributed by atoms with E-state index in [1.54, 1.807) is 0 Å². The standard InChI is InChI=1S/C28H30ClN5O3S/c1-19-25(27(36)32-22-5-3-2-4-6-22)26(20-7-9-21(29)10-8-20)34-23(18-38-28(34)31-19)17-24(35)30-11-12-33-13-15-37-16-14-33/h2-10,18,26H,11-17H2,1H3,(H,30,35)(H,32,36). The molecule has 2 aromatic rings. The zero-order chi connectivity index (χ0) is 26.5. The molecule has 3 aliphatic rings. The maximum Gasteiger partial charge on any atom is 0.255 e. The highest BCUT2D eigenvalue weighted by Crippen LogP contribution is 2.44. The average molecular weight is 552 g/mol. The van der Waals surface area contributed by atoms with E-state index in [0.29, 0.717) is 28.5 Å². The van der Waals surface area contributed by atoms with E-state index in [1.807, 2.05) is 71.8 Å². The molecule has 1 saturated heterocycles. The lowest BCUT2D eigenvalue weighted by molar-refractivity contribution is -0.120. The van der Waals surface area contributed by atoms with Gasteiger partial charge in [-0.1, -0.05) is 53.7 Å². The first-order valence-electron chi connectivity index (χ1n) is 12.6. The van der Waals surface area contributed by atoms with Crippen molar-refractivity contribution in [3.05, 3.63) is 87.6 Å². The minimum atomic E-state index is -0.453. The maximum atomic E-state index is 13.6.